The highest BCUT2D eigenvalue weighted by Crippen LogP contribution is 2.16. The molecule has 0 aliphatic carbocycles. The molecule has 1 aliphatic heterocycles. The molecule has 106 valence electrons. The van der Waals surface area contributed by atoms with E-state index in [9.17, 15) is 4.39 Å². The van der Waals surface area contributed by atoms with Gasteiger partial charge in [0.15, 0.2) is 11.6 Å². The Morgan fingerprint density at radius 2 is 2.32 bits per heavy atom. The third kappa shape index (κ3) is 4.80. The van der Waals surface area contributed by atoms with E-state index in [0.29, 0.717) is 24.4 Å². The SMILES string of the molecule is C[C@@H](CNC[C@@H]1CCCO1)COc1ccccc1F. The average Bonchev–Trinajstić information content (AvgIpc) is 2.91. The number of ether oxygens (including phenoxy) is 2. The summed E-state index contributed by atoms with van der Waals surface area (Å²) in [7, 11) is 0. The van der Waals surface area contributed by atoms with E-state index in [1.165, 1.54) is 6.07 Å². The molecule has 1 aromatic carbocycles. The summed E-state index contributed by atoms with van der Waals surface area (Å²) in [5.74, 6) is 0.358. The lowest BCUT2D eigenvalue weighted by Crippen LogP contribution is -2.31. The number of rotatable bonds is 7. The van der Waals surface area contributed by atoms with Crippen molar-refractivity contribution in [2.24, 2.45) is 5.92 Å². The number of nitrogens with one attached hydrogen (secondary N) is 1. The summed E-state index contributed by atoms with van der Waals surface area (Å²) in [4.78, 5) is 0. The molecule has 0 unspecified atom stereocenters. The Balaban J connectivity index is 1.61. The van der Waals surface area contributed by atoms with Gasteiger partial charge >= 0.3 is 0 Å². The van der Waals surface area contributed by atoms with Crippen LogP contribution in [0, 0.1) is 11.7 Å². The monoisotopic (exact) mass is 267 g/mol. The first kappa shape index (κ1) is 14.3. The predicted molar refractivity (Wildman–Crippen MR) is 72.9 cm³/mol. The van der Waals surface area contributed by atoms with Gasteiger partial charge in [0.05, 0.1) is 12.7 Å². The first-order chi connectivity index (χ1) is 9.25. The first-order valence-electron chi connectivity index (χ1n) is 6.95. The van der Waals surface area contributed by atoms with Crippen LogP contribution in [-0.4, -0.2) is 32.4 Å². The third-order valence-electron chi connectivity index (χ3n) is 3.25. The molecule has 0 spiro atoms. The molecule has 2 atom stereocenters. The summed E-state index contributed by atoms with van der Waals surface area (Å²) >= 11 is 0. The summed E-state index contributed by atoms with van der Waals surface area (Å²) in [6.07, 6.45) is 2.67. The zero-order chi connectivity index (χ0) is 13.5. The molecule has 1 fully saturated rings. The molecule has 1 heterocycles. The Kier molecular flexibility index (Phi) is 5.61. The summed E-state index contributed by atoms with van der Waals surface area (Å²) in [5, 5.41) is 3.38. The van der Waals surface area contributed by atoms with Crippen molar-refractivity contribution in [2.45, 2.75) is 25.9 Å². The van der Waals surface area contributed by atoms with Gasteiger partial charge in [-0.15, -0.1) is 0 Å². The van der Waals surface area contributed by atoms with Crippen molar-refractivity contribution in [3.05, 3.63) is 30.1 Å². The van der Waals surface area contributed by atoms with Gasteiger partial charge in [-0.05, 0) is 25.0 Å². The van der Waals surface area contributed by atoms with E-state index in [1.807, 2.05) is 0 Å². The quantitative estimate of drug-likeness (QED) is 0.823. The van der Waals surface area contributed by atoms with Crippen LogP contribution in [0.2, 0.25) is 0 Å². The van der Waals surface area contributed by atoms with Crippen LogP contribution < -0.4 is 10.1 Å². The first-order valence-corrected chi connectivity index (χ1v) is 6.95. The Labute approximate surface area is 114 Å². The highest BCUT2D eigenvalue weighted by molar-refractivity contribution is 5.23. The number of para-hydroxylation sites is 1. The molecule has 0 aromatic heterocycles. The minimum Gasteiger partial charge on any atom is -0.490 e. The van der Waals surface area contributed by atoms with Crippen molar-refractivity contribution in [3.63, 3.8) is 0 Å². The fourth-order valence-corrected chi connectivity index (χ4v) is 2.15. The summed E-state index contributed by atoms with van der Waals surface area (Å²) in [6, 6.07) is 6.51. The second-order valence-electron chi connectivity index (χ2n) is 5.14. The molecule has 0 amide bonds. The van der Waals surface area contributed by atoms with E-state index in [4.69, 9.17) is 9.47 Å². The van der Waals surface area contributed by atoms with Crippen LogP contribution in [0.4, 0.5) is 4.39 Å². The Morgan fingerprint density at radius 1 is 1.47 bits per heavy atom. The van der Waals surface area contributed by atoms with E-state index in [0.717, 1.165) is 32.5 Å². The van der Waals surface area contributed by atoms with Crippen molar-refractivity contribution >= 4 is 0 Å². The van der Waals surface area contributed by atoms with Gasteiger partial charge in [-0.1, -0.05) is 19.1 Å². The molecule has 1 N–H and O–H groups in total. The van der Waals surface area contributed by atoms with E-state index < -0.39 is 0 Å². The Morgan fingerprint density at radius 3 is 3.05 bits per heavy atom. The standard InChI is InChI=1S/C15H22FNO2/c1-12(9-17-10-13-5-4-8-18-13)11-19-15-7-3-2-6-14(15)16/h2-3,6-7,12-13,17H,4-5,8-11H2,1H3/t12-,13-/m0/s1. The van der Waals surface area contributed by atoms with E-state index in [2.05, 4.69) is 12.2 Å². The van der Waals surface area contributed by atoms with Crippen LogP contribution in [-0.2, 0) is 4.74 Å². The van der Waals surface area contributed by atoms with Crippen LogP contribution in [0.1, 0.15) is 19.8 Å². The van der Waals surface area contributed by atoms with Gasteiger partial charge in [0.1, 0.15) is 0 Å². The molecule has 3 nitrogen and oxygen atoms in total. The summed E-state index contributed by atoms with van der Waals surface area (Å²) < 4.78 is 24.4. The number of benzene rings is 1. The van der Waals surface area contributed by atoms with Gasteiger partial charge < -0.3 is 14.8 Å². The molecule has 0 saturated carbocycles. The fourth-order valence-electron chi connectivity index (χ4n) is 2.15. The third-order valence-corrected chi connectivity index (χ3v) is 3.25. The number of hydrogen-bond acceptors (Lipinski definition) is 3. The second-order valence-corrected chi connectivity index (χ2v) is 5.14. The Hall–Kier alpha value is -1.13. The molecule has 0 radical (unpaired) electrons. The second kappa shape index (κ2) is 7.46. The van der Waals surface area contributed by atoms with Crippen molar-refractivity contribution in [1.82, 2.24) is 5.32 Å². The van der Waals surface area contributed by atoms with E-state index in [1.54, 1.807) is 18.2 Å². The molecule has 4 heteroatoms. The van der Waals surface area contributed by atoms with Crippen molar-refractivity contribution in [2.75, 3.05) is 26.3 Å². The van der Waals surface area contributed by atoms with Crippen LogP contribution in [0.5, 0.6) is 5.75 Å². The largest absolute Gasteiger partial charge is 0.490 e. The molecule has 1 aromatic rings. The normalized spacial score (nSPS) is 20.4. The number of halogens is 1. The Bertz CT molecular complexity index is 380. The molecular formula is C15H22FNO2. The maximum atomic E-state index is 13.3. The van der Waals surface area contributed by atoms with Crippen LogP contribution >= 0.6 is 0 Å². The minimum atomic E-state index is -0.304. The maximum absolute atomic E-state index is 13.3. The molecule has 1 saturated heterocycles. The average molecular weight is 267 g/mol. The molecule has 0 bridgehead atoms. The zero-order valence-electron chi connectivity index (χ0n) is 11.4. The maximum Gasteiger partial charge on any atom is 0.165 e. The van der Waals surface area contributed by atoms with E-state index >= 15 is 0 Å². The van der Waals surface area contributed by atoms with Crippen molar-refractivity contribution in [1.29, 1.82) is 0 Å². The highest BCUT2D eigenvalue weighted by Gasteiger charge is 2.15. The van der Waals surface area contributed by atoms with Crippen LogP contribution in [0.3, 0.4) is 0 Å². The lowest BCUT2D eigenvalue weighted by molar-refractivity contribution is 0.108. The summed E-state index contributed by atoms with van der Waals surface area (Å²) in [5.41, 5.74) is 0. The van der Waals surface area contributed by atoms with E-state index in [-0.39, 0.29) is 5.82 Å². The fraction of sp³-hybridized carbons (Fsp3) is 0.600. The molecule has 19 heavy (non-hydrogen) atoms. The van der Waals surface area contributed by atoms with Gasteiger partial charge in [0.2, 0.25) is 0 Å². The van der Waals surface area contributed by atoms with Crippen molar-refractivity contribution in [3.8, 4) is 5.75 Å². The lowest BCUT2D eigenvalue weighted by atomic mass is 10.2. The predicted octanol–water partition coefficient (Wildman–Crippen LogP) is 2.61. The minimum absolute atomic E-state index is 0.304. The van der Waals surface area contributed by atoms with Gasteiger partial charge in [-0.3, -0.25) is 0 Å². The van der Waals surface area contributed by atoms with Gasteiger partial charge in [0, 0.05) is 25.6 Å². The van der Waals surface area contributed by atoms with Crippen LogP contribution in [0.25, 0.3) is 0 Å². The molecule has 2 rings (SSSR count). The summed E-state index contributed by atoms with van der Waals surface area (Å²) in [6.45, 7) is 5.24. The van der Waals surface area contributed by atoms with Crippen molar-refractivity contribution < 1.29 is 13.9 Å². The van der Waals surface area contributed by atoms with Gasteiger partial charge in [-0.2, -0.15) is 0 Å². The lowest BCUT2D eigenvalue weighted by Gasteiger charge is -2.16. The highest BCUT2D eigenvalue weighted by atomic mass is 19.1. The van der Waals surface area contributed by atoms with Gasteiger partial charge in [0.25, 0.3) is 0 Å². The topological polar surface area (TPSA) is 30.5 Å². The number of hydrogen-bond donors (Lipinski definition) is 1. The molecular weight excluding hydrogens is 245 g/mol. The van der Waals surface area contributed by atoms with Gasteiger partial charge in [-0.25, -0.2) is 4.39 Å². The van der Waals surface area contributed by atoms with Crippen LogP contribution in [0.15, 0.2) is 24.3 Å². The zero-order valence-corrected chi connectivity index (χ0v) is 11.4. The smallest absolute Gasteiger partial charge is 0.165 e. The molecule has 1 aliphatic rings.